The highest BCUT2D eigenvalue weighted by Crippen LogP contribution is 2.59. The number of carbonyl (C=O) groups excluding carboxylic acids is 3. The maximum atomic E-state index is 13.1. The van der Waals surface area contributed by atoms with Crippen molar-refractivity contribution in [1.29, 1.82) is 0 Å². The third-order valence-corrected chi connectivity index (χ3v) is 11.1. The van der Waals surface area contributed by atoms with Gasteiger partial charge in [0.15, 0.2) is 0 Å². The third-order valence-electron chi connectivity index (χ3n) is 9.92. The number of nitrogens with one attached hydrogen (secondary N) is 2. The molecule has 0 radical (unpaired) electrons. The Balaban J connectivity index is 0.970. The molecule has 0 spiro atoms. The molecule has 2 aliphatic heterocycles. The summed E-state index contributed by atoms with van der Waals surface area (Å²) in [5.74, 6) is 3.05. The average molecular weight is 544 g/mol. The maximum absolute atomic E-state index is 13.1. The number of fused-ring (bicyclic) bond motifs is 1. The number of hydrogen-bond acceptors (Lipinski definition) is 5. The molecule has 2 aromatic rings. The summed E-state index contributed by atoms with van der Waals surface area (Å²) in [6.45, 7) is 2.48. The molecule has 1 unspecified atom stereocenters. The summed E-state index contributed by atoms with van der Waals surface area (Å²) in [7, 11) is 0. The van der Waals surface area contributed by atoms with E-state index < -0.39 is 6.04 Å². The van der Waals surface area contributed by atoms with Crippen LogP contribution in [0.3, 0.4) is 0 Å². The van der Waals surface area contributed by atoms with Crippen molar-refractivity contribution in [3.63, 3.8) is 0 Å². The Morgan fingerprint density at radius 1 is 0.949 bits per heavy atom. The van der Waals surface area contributed by atoms with Gasteiger partial charge in [-0.15, -0.1) is 11.8 Å². The highest BCUT2D eigenvalue weighted by Gasteiger charge is 2.50. The van der Waals surface area contributed by atoms with Crippen molar-refractivity contribution in [3.05, 3.63) is 64.7 Å². The topological polar surface area (TPSA) is 78.5 Å². The number of imide groups is 1. The van der Waals surface area contributed by atoms with E-state index in [4.69, 9.17) is 0 Å². The molecule has 4 saturated carbocycles. The maximum Gasteiger partial charge on any atom is 0.255 e. The van der Waals surface area contributed by atoms with Crippen LogP contribution in [-0.4, -0.2) is 35.2 Å². The van der Waals surface area contributed by atoms with Crippen molar-refractivity contribution < 1.29 is 14.4 Å². The Morgan fingerprint density at radius 3 is 2.41 bits per heavy atom. The van der Waals surface area contributed by atoms with Crippen LogP contribution in [0.25, 0.3) is 0 Å². The number of benzene rings is 2. The van der Waals surface area contributed by atoms with Gasteiger partial charge in [0.1, 0.15) is 6.04 Å². The Hall–Kier alpha value is -2.64. The highest BCUT2D eigenvalue weighted by molar-refractivity contribution is 7.98. The first-order valence-electron chi connectivity index (χ1n) is 14.6. The van der Waals surface area contributed by atoms with Crippen LogP contribution in [0.15, 0.2) is 47.4 Å². The predicted octanol–water partition coefficient (Wildman–Crippen LogP) is 5.05. The number of thioether (sulfide) groups is 1. The van der Waals surface area contributed by atoms with Crippen LogP contribution in [0.1, 0.15) is 78.4 Å². The SMILES string of the molecule is O=C1CCC(N2Cc3c(SCc4cccc(CNCC56CC7CC(CC(C7)C5)C6)c4)cccc3C2=O)C(=O)N1. The molecule has 3 amide bonds. The molecule has 1 atom stereocenters. The molecule has 2 aromatic carbocycles. The van der Waals surface area contributed by atoms with Crippen molar-refractivity contribution in [2.45, 2.75) is 81.1 Å². The van der Waals surface area contributed by atoms with Gasteiger partial charge in [0, 0.05) is 42.3 Å². The van der Waals surface area contributed by atoms with Crippen LogP contribution in [0.4, 0.5) is 0 Å². The summed E-state index contributed by atoms with van der Waals surface area (Å²) < 4.78 is 0. The molecule has 4 aliphatic carbocycles. The Labute approximate surface area is 234 Å². The van der Waals surface area contributed by atoms with Crippen molar-refractivity contribution in [2.24, 2.45) is 23.2 Å². The van der Waals surface area contributed by atoms with Crippen molar-refractivity contribution >= 4 is 29.5 Å². The van der Waals surface area contributed by atoms with E-state index in [9.17, 15) is 14.4 Å². The lowest BCUT2D eigenvalue weighted by molar-refractivity contribution is -0.136. The lowest BCUT2D eigenvalue weighted by Crippen LogP contribution is -2.52. The lowest BCUT2D eigenvalue weighted by atomic mass is 9.49. The second-order valence-corrected chi connectivity index (χ2v) is 13.8. The second-order valence-electron chi connectivity index (χ2n) is 12.8. The molecule has 2 N–H and O–H groups in total. The summed E-state index contributed by atoms with van der Waals surface area (Å²) in [6, 6.07) is 14.1. The van der Waals surface area contributed by atoms with Gasteiger partial charge in [-0.2, -0.15) is 0 Å². The first-order chi connectivity index (χ1) is 18.9. The zero-order valence-corrected chi connectivity index (χ0v) is 23.2. The number of piperidine rings is 1. The molecule has 2 heterocycles. The zero-order valence-electron chi connectivity index (χ0n) is 22.4. The van der Waals surface area contributed by atoms with Gasteiger partial charge in [0.2, 0.25) is 11.8 Å². The van der Waals surface area contributed by atoms with Gasteiger partial charge in [-0.05, 0) is 96.9 Å². The Kier molecular flexibility index (Phi) is 6.55. The first kappa shape index (κ1) is 25.3. The molecular formula is C32H37N3O3S. The summed E-state index contributed by atoms with van der Waals surface area (Å²) >= 11 is 1.75. The van der Waals surface area contributed by atoms with E-state index in [2.05, 4.69) is 41.0 Å². The van der Waals surface area contributed by atoms with E-state index in [1.165, 1.54) is 49.7 Å². The van der Waals surface area contributed by atoms with Gasteiger partial charge >= 0.3 is 0 Å². The van der Waals surface area contributed by atoms with E-state index in [1.807, 2.05) is 12.1 Å². The van der Waals surface area contributed by atoms with Crippen LogP contribution in [0.2, 0.25) is 0 Å². The van der Waals surface area contributed by atoms with Gasteiger partial charge in [-0.25, -0.2) is 0 Å². The zero-order chi connectivity index (χ0) is 26.6. The van der Waals surface area contributed by atoms with Crippen LogP contribution < -0.4 is 10.6 Å². The molecule has 6 nitrogen and oxygen atoms in total. The van der Waals surface area contributed by atoms with E-state index in [0.717, 1.165) is 47.1 Å². The number of hydrogen-bond donors (Lipinski definition) is 2. The number of amides is 3. The van der Waals surface area contributed by atoms with Gasteiger partial charge < -0.3 is 10.2 Å². The molecule has 1 saturated heterocycles. The molecule has 4 bridgehead atoms. The summed E-state index contributed by atoms with van der Waals surface area (Å²) in [6.07, 6.45) is 9.45. The molecular weight excluding hydrogens is 506 g/mol. The minimum Gasteiger partial charge on any atom is -0.322 e. The third kappa shape index (κ3) is 4.93. The standard InChI is InChI=1S/C32H37N3O3S/c36-29-8-7-27(30(37)34-29)35-17-26-25(31(35)38)5-2-6-28(26)39-18-21-4-1-3-20(9-21)16-33-19-32-13-22-10-23(14-32)12-24(11-22)15-32/h1-6,9,22-24,27,33H,7-8,10-19H2,(H,34,36,37). The van der Waals surface area contributed by atoms with E-state index >= 15 is 0 Å². The van der Waals surface area contributed by atoms with E-state index in [-0.39, 0.29) is 24.1 Å². The van der Waals surface area contributed by atoms with E-state index in [1.54, 1.807) is 16.7 Å². The first-order valence-corrected chi connectivity index (χ1v) is 15.6. The fourth-order valence-corrected chi connectivity index (χ4v) is 9.69. The molecule has 6 aliphatic rings. The minimum atomic E-state index is -0.580. The van der Waals surface area contributed by atoms with Gasteiger partial charge in [-0.1, -0.05) is 30.3 Å². The predicted molar refractivity (Wildman–Crippen MR) is 151 cm³/mol. The minimum absolute atomic E-state index is 0.117. The average Bonchev–Trinajstić information content (AvgIpc) is 3.23. The second kappa shape index (κ2) is 10.1. The Bertz CT molecular complexity index is 1290. The number of carbonyl (C=O) groups is 3. The van der Waals surface area contributed by atoms with Crippen molar-refractivity contribution in [2.75, 3.05) is 6.54 Å². The monoisotopic (exact) mass is 543 g/mol. The lowest BCUT2D eigenvalue weighted by Gasteiger charge is -2.57. The normalized spacial score (nSPS) is 31.1. The van der Waals surface area contributed by atoms with Crippen molar-refractivity contribution in [3.8, 4) is 0 Å². The van der Waals surface area contributed by atoms with Crippen LogP contribution >= 0.6 is 11.8 Å². The Morgan fingerprint density at radius 2 is 1.67 bits per heavy atom. The molecule has 7 heteroatoms. The highest BCUT2D eigenvalue weighted by atomic mass is 32.2. The fraction of sp³-hybridized carbons (Fsp3) is 0.531. The van der Waals surface area contributed by atoms with Gasteiger partial charge in [0.25, 0.3) is 5.91 Å². The fourth-order valence-electron chi connectivity index (χ4n) is 8.66. The molecule has 204 valence electrons. The van der Waals surface area contributed by atoms with Crippen LogP contribution in [-0.2, 0) is 28.4 Å². The largest absolute Gasteiger partial charge is 0.322 e. The smallest absolute Gasteiger partial charge is 0.255 e. The summed E-state index contributed by atoms with van der Waals surface area (Å²) in [5, 5.41) is 6.22. The van der Waals surface area contributed by atoms with Crippen LogP contribution in [0.5, 0.6) is 0 Å². The van der Waals surface area contributed by atoms with Crippen LogP contribution in [0, 0.1) is 23.2 Å². The quantitative estimate of drug-likeness (QED) is 0.360. The van der Waals surface area contributed by atoms with Crippen molar-refractivity contribution in [1.82, 2.24) is 15.5 Å². The van der Waals surface area contributed by atoms with Gasteiger partial charge in [-0.3, -0.25) is 19.7 Å². The molecule has 0 aromatic heterocycles. The number of rotatable bonds is 8. The summed E-state index contributed by atoms with van der Waals surface area (Å²) in [4.78, 5) is 39.8. The summed E-state index contributed by atoms with van der Waals surface area (Å²) in [5.41, 5.74) is 4.82. The molecule has 39 heavy (non-hydrogen) atoms. The van der Waals surface area contributed by atoms with Gasteiger partial charge in [0.05, 0.1) is 0 Å². The van der Waals surface area contributed by atoms with E-state index in [0.29, 0.717) is 23.9 Å². The molecule has 8 rings (SSSR count). The molecule has 5 fully saturated rings. The number of nitrogens with zero attached hydrogens (tertiary/aromatic N) is 1.